The fourth-order valence-electron chi connectivity index (χ4n) is 2.75. The first-order valence-corrected chi connectivity index (χ1v) is 10.5. The molecule has 0 saturated carbocycles. The molecule has 0 saturated heterocycles. The van der Waals surface area contributed by atoms with Crippen LogP contribution in [0.1, 0.15) is 17.9 Å². The number of hydrogen-bond donors (Lipinski definition) is 0. The summed E-state index contributed by atoms with van der Waals surface area (Å²) in [6.45, 7) is 2.09. The maximum Gasteiger partial charge on any atom is 0.227 e. The number of nitrogens with zero attached hydrogens (tertiary/aromatic N) is 5. The summed E-state index contributed by atoms with van der Waals surface area (Å²) in [5.41, 5.74) is 2.31. The van der Waals surface area contributed by atoms with Gasteiger partial charge in [0, 0.05) is 24.8 Å². The third kappa shape index (κ3) is 3.96. The summed E-state index contributed by atoms with van der Waals surface area (Å²) in [7, 11) is 2.01. The highest BCUT2D eigenvalue weighted by molar-refractivity contribution is 7.99. The highest BCUT2D eigenvalue weighted by Crippen LogP contribution is 2.26. The Morgan fingerprint density at radius 3 is 2.85 bits per heavy atom. The number of aryl methyl sites for hydroxylation is 2. The van der Waals surface area contributed by atoms with Gasteiger partial charge in [-0.3, -0.25) is 0 Å². The first-order chi connectivity index (χ1) is 13.2. The van der Waals surface area contributed by atoms with E-state index in [9.17, 15) is 0 Å². The lowest BCUT2D eigenvalue weighted by Crippen LogP contribution is -1.97. The predicted molar refractivity (Wildman–Crippen MR) is 108 cm³/mol. The zero-order valence-electron chi connectivity index (χ0n) is 15.1. The first-order valence-electron chi connectivity index (χ1n) is 8.67. The summed E-state index contributed by atoms with van der Waals surface area (Å²) >= 11 is 3.30. The minimum Gasteiger partial charge on any atom is -0.339 e. The van der Waals surface area contributed by atoms with Gasteiger partial charge in [-0.25, -0.2) is 0 Å². The minimum absolute atomic E-state index is 0.670. The van der Waals surface area contributed by atoms with Crippen molar-refractivity contribution < 1.29 is 4.52 Å². The van der Waals surface area contributed by atoms with Crippen LogP contribution >= 0.6 is 23.1 Å². The highest BCUT2D eigenvalue weighted by atomic mass is 32.2. The number of thiophene rings is 1. The van der Waals surface area contributed by atoms with Gasteiger partial charge in [-0.15, -0.1) is 21.5 Å². The van der Waals surface area contributed by atoms with E-state index in [1.165, 1.54) is 5.56 Å². The van der Waals surface area contributed by atoms with E-state index in [1.54, 1.807) is 23.1 Å². The Morgan fingerprint density at radius 2 is 2.04 bits per heavy atom. The van der Waals surface area contributed by atoms with Crippen LogP contribution < -0.4 is 0 Å². The van der Waals surface area contributed by atoms with E-state index in [4.69, 9.17) is 4.52 Å². The van der Waals surface area contributed by atoms with Crippen molar-refractivity contribution in [3.63, 3.8) is 0 Å². The van der Waals surface area contributed by atoms with Crippen molar-refractivity contribution in [2.45, 2.75) is 24.9 Å². The van der Waals surface area contributed by atoms with E-state index in [1.807, 2.05) is 36.7 Å². The molecule has 0 radical (unpaired) electrons. The molecule has 0 aliphatic carbocycles. The molecule has 0 N–H and O–H groups in total. The molecule has 0 atom stereocenters. The van der Waals surface area contributed by atoms with Gasteiger partial charge in [0.2, 0.25) is 11.7 Å². The van der Waals surface area contributed by atoms with Gasteiger partial charge in [0.05, 0.1) is 4.88 Å². The lowest BCUT2D eigenvalue weighted by molar-refractivity contribution is 0.378. The summed E-state index contributed by atoms with van der Waals surface area (Å²) in [6.07, 6.45) is 1.69. The zero-order valence-corrected chi connectivity index (χ0v) is 16.8. The van der Waals surface area contributed by atoms with E-state index in [2.05, 4.69) is 44.0 Å². The Kier molecular flexibility index (Phi) is 5.35. The smallest absolute Gasteiger partial charge is 0.227 e. The zero-order chi connectivity index (χ0) is 18.6. The molecule has 4 aromatic rings. The average molecular weight is 398 g/mol. The van der Waals surface area contributed by atoms with Crippen LogP contribution in [0.25, 0.3) is 22.1 Å². The van der Waals surface area contributed by atoms with Crippen molar-refractivity contribution in [3.8, 4) is 22.1 Å². The second-order valence-electron chi connectivity index (χ2n) is 6.12. The van der Waals surface area contributed by atoms with Crippen LogP contribution in [0, 0.1) is 6.92 Å². The van der Waals surface area contributed by atoms with Gasteiger partial charge in [0.1, 0.15) is 0 Å². The van der Waals surface area contributed by atoms with E-state index in [-0.39, 0.29) is 0 Å². The third-order valence-electron chi connectivity index (χ3n) is 4.20. The molecule has 0 bridgehead atoms. The van der Waals surface area contributed by atoms with Crippen molar-refractivity contribution in [1.82, 2.24) is 24.9 Å². The standard InChI is InChI=1S/C19H19N5OS2/c1-13-7-3-4-8-14(13)18-21-22-19(24(18)2)27-12-6-10-16-20-17(23-25-16)15-9-5-11-26-15/h3-5,7-9,11H,6,10,12H2,1-2H3. The van der Waals surface area contributed by atoms with Crippen molar-refractivity contribution in [1.29, 1.82) is 0 Å². The topological polar surface area (TPSA) is 69.6 Å². The summed E-state index contributed by atoms with van der Waals surface area (Å²) in [4.78, 5) is 5.49. The molecule has 0 spiro atoms. The fraction of sp³-hybridized carbons (Fsp3) is 0.263. The second-order valence-corrected chi connectivity index (χ2v) is 8.13. The SMILES string of the molecule is Cc1ccccc1-c1nnc(SCCCc2nc(-c3cccs3)no2)n1C. The molecule has 138 valence electrons. The van der Waals surface area contributed by atoms with Crippen LogP contribution in [0.4, 0.5) is 0 Å². The monoisotopic (exact) mass is 397 g/mol. The second kappa shape index (κ2) is 8.06. The Balaban J connectivity index is 1.33. The highest BCUT2D eigenvalue weighted by Gasteiger charge is 2.13. The molecule has 1 aromatic carbocycles. The van der Waals surface area contributed by atoms with Gasteiger partial charge < -0.3 is 9.09 Å². The Bertz CT molecular complexity index is 1020. The average Bonchev–Trinajstić information content (AvgIpc) is 3.41. The lowest BCUT2D eigenvalue weighted by atomic mass is 10.1. The quantitative estimate of drug-likeness (QED) is 0.335. The number of thioether (sulfide) groups is 1. The molecule has 0 aliphatic heterocycles. The van der Waals surface area contributed by atoms with Crippen LogP contribution in [0.5, 0.6) is 0 Å². The van der Waals surface area contributed by atoms with Gasteiger partial charge in [0.25, 0.3) is 0 Å². The maximum atomic E-state index is 5.34. The fourth-order valence-corrected chi connectivity index (χ4v) is 4.25. The predicted octanol–water partition coefficient (Wildman–Crippen LogP) is 4.63. The normalized spacial score (nSPS) is 11.2. The van der Waals surface area contributed by atoms with Crippen molar-refractivity contribution >= 4 is 23.1 Å². The third-order valence-corrected chi connectivity index (χ3v) is 6.17. The molecule has 0 unspecified atom stereocenters. The molecule has 0 aliphatic rings. The maximum absolute atomic E-state index is 5.34. The molecule has 6 nitrogen and oxygen atoms in total. The molecule has 8 heteroatoms. The van der Waals surface area contributed by atoms with Crippen molar-refractivity contribution in [2.24, 2.45) is 7.05 Å². The summed E-state index contributed by atoms with van der Waals surface area (Å²) in [5.74, 6) is 3.16. The lowest BCUT2D eigenvalue weighted by Gasteiger charge is -2.06. The minimum atomic E-state index is 0.670. The van der Waals surface area contributed by atoms with Gasteiger partial charge in [-0.2, -0.15) is 4.98 Å². The molecular weight excluding hydrogens is 378 g/mol. The Hall–Kier alpha value is -2.45. The van der Waals surface area contributed by atoms with Crippen LogP contribution in [0.15, 0.2) is 51.5 Å². The van der Waals surface area contributed by atoms with E-state index < -0.39 is 0 Å². The van der Waals surface area contributed by atoms with Crippen LogP contribution in [-0.2, 0) is 13.5 Å². The molecule has 3 heterocycles. The van der Waals surface area contributed by atoms with Crippen molar-refractivity contribution in [3.05, 3.63) is 53.2 Å². The van der Waals surface area contributed by atoms with Crippen LogP contribution in [-0.4, -0.2) is 30.7 Å². The summed E-state index contributed by atoms with van der Waals surface area (Å²) < 4.78 is 7.39. The van der Waals surface area contributed by atoms with Gasteiger partial charge in [0.15, 0.2) is 11.0 Å². The van der Waals surface area contributed by atoms with E-state index in [0.717, 1.165) is 40.0 Å². The summed E-state index contributed by atoms with van der Waals surface area (Å²) in [6, 6.07) is 12.2. The van der Waals surface area contributed by atoms with E-state index in [0.29, 0.717) is 11.7 Å². The molecular formula is C19H19N5OS2. The van der Waals surface area contributed by atoms with E-state index >= 15 is 0 Å². The molecule has 0 fully saturated rings. The molecule has 27 heavy (non-hydrogen) atoms. The summed E-state index contributed by atoms with van der Waals surface area (Å²) in [5, 5.41) is 15.7. The first kappa shape index (κ1) is 17.9. The van der Waals surface area contributed by atoms with Crippen LogP contribution in [0.2, 0.25) is 0 Å². The number of aromatic nitrogens is 5. The Morgan fingerprint density at radius 1 is 1.15 bits per heavy atom. The number of benzene rings is 1. The van der Waals surface area contributed by atoms with Crippen molar-refractivity contribution in [2.75, 3.05) is 5.75 Å². The van der Waals surface area contributed by atoms with Gasteiger partial charge in [-0.05, 0) is 30.4 Å². The van der Waals surface area contributed by atoms with Gasteiger partial charge in [-0.1, -0.05) is 47.3 Å². The molecule has 4 rings (SSSR count). The molecule has 0 amide bonds. The van der Waals surface area contributed by atoms with Crippen LogP contribution in [0.3, 0.4) is 0 Å². The largest absolute Gasteiger partial charge is 0.339 e. The number of hydrogen-bond acceptors (Lipinski definition) is 7. The number of rotatable bonds is 7. The molecule has 3 aromatic heterocycles. The Labute approximate surface area is 165 Å². The van der Waals surface area contributed by atoms with Gasteiger partial charge >= 0.3 is 0 Å².